The quantitative estimate of drug-likeness (QED) is 0.859. The van der Waals surface area contributed by atoms with E-state index in [0.29, 0.717) is 0 Å². The van der Waals surface area contributed by atoms with E-state index in [4.69, 9.17) is 0 Å². The second-order valence-corrected chi connectivity index (χ2v) is 8.40. The van der Waals surface area contributed by atoms with Gasteiger partial charge in [0.1, 0.15) is 0 Å². The van der Waals surface area contributed by atoms with E-state index in [0.717, 1.165) is 44.1 Å². The van der Waals surface area contributed by atoms with Crippen molar-refractivity contribution in [3.63, 3.8) is 0 Å². The van der Waals surface area contributed by atoms with Crippen LogP contribution in [0.25, 0.3) is 11.1 Å². The van der Waals surface area contributed by atoms with Crippen LogP contribution in [-0.4, -0.2) is 42.0 Å². The van der Waals surface area contributed by atoms with Crippen LogP contribution in [0, 0.1) is 11.8 Å². The molecule has 148 valence electrons. The highest BCUT2D eigenvalue weighted by atomic mass is 16.1. The van der Waals surface area contributed by atoms with Gasteiger partial charge < -0.3 is 10.2 Å². The third-order valence-corrected chi connectivity index (χ3v) is 6.22. The topological polar surface area (TPSA) is 45.2 Å². The average molecular weight is 378 g/mol. The average Bonchev–Trinajstić information content (AvgIpc) is 2.91. The van der Waals surface area contributed by atoms with E-state index in [2.05, 4.69) is 45.5 Å². The Kier molecular flexibility index (Phi) is 6.38. The molecule has 4 rings (SSSR count). The van der Waals surface area contributed by atoms with Crippen molar-refractivity contribution in [3.8, 4) is 11.1 Å². The fraction of sp³-hybridized carbons (Fsp3) is 0.500. The molecule has 2 heterocycles. The number of pyridine rings is 1. The van der Waals surface area contributed by atoms with Crippen LogP contribution in [0.15, 0.2) is 48.8 Å². The van der Waals surface area contributed by atoms with E-state index in [1.165, 1.54) is 43.2 Å². The van der Waals surface area contributed by atoms with Gasteiger partial charge in [-0.05, 0) is 47.9 Å². The molecule has 1 N–H and O–H groups in total. The van der Waals surface area contributed by atoms with Gasteiger partial charge in [-0.15, -0.1) is 0 Å². The molecule has 1 amide bonds. The van der Waals surface area contributed by atoms with Crippen molar-refractivity contribution in [1.29, 1.82) is 0 Å². The molecule has 4 heteroatoms. The number of nitrogens with zero attached hydrogens (tertiary/aromatic N) is 2. The predicted molar refractivity (Wildman–Crippen MR) is 113 cm³/mol. The van der Waals surface area contributed by atoms with E-state index in [1.54, 1.807) is 6.20 Å². The van der Waals surface area contributed by atoms with Crippen LogP contribution in [0.4, 0.5) is 0 Å². The fourth-order valence-electron chi connectivity index (χ4n) is 4.72. The van der Waals surface area contributed by atoms with E-state index in [-0.39, 0.29) is 11.8 Å². The normalized spacial score (nSPS) is 21.9. The van der Waals surface area contributed by atoms with Crippen molar-refractivity contribution in [2.75, 3.05) is 26.2 Å². The zero-order valence-corrected chi connectivity index (χ0v) is 16.6. The van der Waals surface area contributed by atoms with E-state index < -0.39 is 0 Å². The third kappa shape index (κ3) is 4.99. The van der Waals surface area contributed by atoms with Gasteiger partial charge in [0.2, 0.25) is 5.91 Å². The van der Waals surface area contributed by atoms with Crippen molar-refractivity contribution >= 4 is 5.91 Å². The molecule has 1 atom stereocenters. The van der Waals surface area contributed by atoms with Crippen molar-refractivity contribution in [3.05, 3.63) is 54.4 Å². The van der Waals surface area contributed by atoms with Gasteiger partial charge in [-0.25, -0.2) is 0 Å². The molecule has 0 unspecified atom stereocenters. The van der Waals surface area contributed by atoms with Crippen LogP contribution in [0.1, 0.15) is 37.7 Å². The highest BCUT2D eigenvalue weighted by Crippen LogP contribution is 2.26. The highest BCUT2D eigenvalue weighted by molar-refractivity contribution is 5.79. The summed E-state index contributed by atoms with van der Waals surface area (Å²) in [7, 11) is 0. The smallest absolute Gasteiger partial charge is 0.224 e. The first kappa shape index (κ1) is 19.1. The molecular formula is C24H31N3O. The summed E-state index contributed by atoms with van der Waals surface area (Å²) >= 11 is 0. The van der Waals surface area contributed by atoms with Crippen LogP contribution < -0.4 is 5.32 Å². The number of rotatable bonds is 5. The van der Waals surface area contributed by atoms with Crippen LogP contribution in [0.5, 0.6) is 0 Å². The van der Waals surface area contributed by atoms with E-state index >= 15 is 0 Å². The molecule has 28 heavy (non-hydrogen) atoms. The zero-order chi connectivity index (χ0) is 19.2. The van der Waals surface area contributed by atoms with Crippen molar-refractivity contribution < 1.29 is 4.79 Å². The Balaban J connectivity index is 1.44. The Bertz CT molecular complexity index is 770. The molecule has 1 saturated carbocycles. The second-order valence-electron chi connectivity index (χ2n) is 8.40. The van der Waals surface area contributed by atoms with E-state index in [1.807, 2.05) is 12.3 Å². The molecule has 0 radical (unpaired) electrons. The Morgan fingerprint density at radius 2 is 1.93 bits per heavy atom. The SMILES string of the molecule is O=C1NCCN(CC2CCCCC2)C[C@H]1Cc1cccc(-c2cccnc2)c1. The Morgan fingerprint density at radius 3 is 2.75 bits per heavy atom. The summed E-state index contributed by atoms with van der Waals surface area (Å²) in [5, 5.41) is 3.14. The number of carbonyl (C=O) groups is 1. The minimum atomic E-state index is 0.0234. The lowest BCUT2D eigenvalue weighted by molar-refractivity contribution is -0.124. The number of amides is 1. The molecule has 1 aromatic heterocycles. The predicted octanol–water partition coefficient (Wildman–Crippen LogP) is 3.92. The minimum absolute atomic E-state index is 0.0234. The number of carbonyl (C=O) groups excluding carboxylic acids is 1. The van der Waals surface area contributed by atoms with Gasteiger partial charge in [-0.2, -0.15) is 0 Å². The number of nitrogens with one attached hydrogen (secondary N) is 1. The summed E-state index contributed by atoms with van der Waals surface area (Å²) < 4.78 is 0. The summed E-state index contributed by atoms with van der Waals surface area (Å²) in [6, 6.07) is 12.6. The molecule has 0 spiro atoms. The van der Waals surface area contributed by atoms with Crippen molar-refractivity contribution in [2.45, 2.75) is 38.5 Å². The maximum absolute atomic E-state index is 12.7. The minimum Gasteiger partial charge on any atom is -0.355 e. The summed E-state index contributed by atoms with van der Waals surface area (Å²) in [4.78, 5) is 19.4. The molecule has 2 aromatic rings. The molecule has 1 aromatic carbocycles. The number of hydrogen-bond donors (Lipinski definition) is 1. The maximum atomic E-state index is 12.7. The van der Waals surface area contributed by atoms with E-state index in [9.17, 15) is 4.79 Å². The Hall–Kier alpha value is -2.20. The first-order chi connectivity index (χ1) is 13.8. The zero-order valence-electron chi connectivity index (χ0n) is 16.6. The van der Waals surface area contributed by atoms with Gasteiger partial charge >= 0.3 is 0 Å². The lowest BCUT2D eigenvalue weighted by Gasteiger charge is -2.29. The summed E-state index contributed by atoms with van der Waals surface area (Å²) in [6.45, 7) is 3.78. The Labute approximate surface area is 168 Å². The van der Waals surface area contributed by atoms with Gasteiger partial charge in [0.15, 0.2) is 0 Å². The van der Waals surface area contributed by atoms with Gasteiger partial charge in [0, 0.05) is 38.6 Å². The highest BCUT2D eigenvalue weighted by Gasteiger charge is 2.27. The summed E-state index contributed by atoms with van der Waals surface area (Å²) in [6.07, 6.45) is 11.3. The summed E-state index contributed by atoms with van der Waals surface area (Å²) in [5.41, 5.74) is 3.51. The molecule has 1 saturated heterocycles. The largest absolute Gasteiger partial charge is 0.355 e. The Morgan fingerprint density at radius 1 is 1.07 bits per heavy atom. The standard InChI is InChI=1S/C24H31N3O/c28-24-23(18-27(13-12-26-24)17-19-6-2-1-3-7-19)15-20-8-4-9-21(14-20)22-10-5-11-25-16-22/h4-5,8-11,14,16,19,23H,1-3,6-7,12-13,15,17-18H2,(H,26,28)/t23-/m1/s1. The van der Waals surface area contributed by atoms with Crippen molar-refractivity contribution in [2.24, 2.45) is 11.8 Å². The number of benzene rings is 1. The lowest BCUT2D eigenvalue weighted by Crippen LogP contribution is -2.36. The van der Waals surface area contributed by atoms with Gasteiger partial charge in [0.25, 0.3) is 0 Å². The second kappa shape index (κ2) is 9.33. The van der Waals surface area contributed by atoms with Crippen LogP contribution in [0.3, 0.4) is 0 Å². The molecule has 2 fully saturated rings. The monoisotopic (exact) mass is 377 g/mol. The molecule has 2 aliphatic rings. The molecule has 1 aliphatic heterocycles. The third-order valence-electron chi connectivity index (χ3n) is 6.22. The van der Waals surface area contributed by atoms with Crippen LogP contribution >= 0.6 is 0 Å². The molecule has 0 bridgehead atoms. The number of aromatic nitrogens is 1. The number of hydrogen-bond acceptors (Lipinski definition) is 3. The van der Waals surface area contributed by atoms with Gasteiger partial charge in [-0.1, -0.05) is 49.6 Å². The maximum Gasteiger partial charge on any atom is 0.224 e. The molecular weight excluding hydrogens is 346 g/mol. The van der Waals surface area contributed by atoms with Gasteiger partial charge in [0.05, 0.1) is 5.92 Å². The van der Waals surface area contributed by atoms with Gasteiger partial charge in [-0.3, -0.25) is 9.78 Å². The first-order valence-corrected chi connectivity index (χ1v) is 10.8. The fourth-order valence-corrected chi connectivity index (χ4v) is 4.72. The molecule has 4 nitrogen and oxygen atoms in total. The van der Waals surface area contributed by atoms with Crippen molar-refractivity contribution in [1.82, 2.24) is 15.2 Å². The van der Waals surface area contributed by atoms with Crippen LogP contribution in [0.2, 0.25) is 0 Å². The first-order valence-electron chi connectivity index (χ1n) is 10.8. The van der Waals surface area contributed by atoms with Crippen LogP contribution in [-0.2, 0) is 11.2 Å². The summed E-state index contributed by atoms with van der Waals surface area (Å²) in [5.74, 6) is 1.05. The molecule has 1 aliphatic carbocycles. The lowest BCUT2D eigenvalue weighted by atomic mass is 9.88.